The van der Waals surface area contributed by atoms with Crippen molar-refractivity contribution in [3.63, 3.8) is 0 Å². The fourth-order valence-corrected chi connectivity index (χ4v) is 3.41. The van der Waals surface area contributed by atoms with Crippen molar-refractivity contribution < 1.29 is 5.11 Å². The number of rotatable bonds is 4. The normalized spacial score (nSPS) is 28.0. The zero-order valence-corrected chi connectivity index (χ0v) is 11.2. The minimum Gasteiger partial charge on any atom is -0.392 e. The number of hydrogen-bond acceptors (Lipinski definition) is 3. The highest BCUT2D eigenvalue weighted by atomic mass is 32.2. The molecule has 0 radical (unpaired) electrons. The fraction of sp³-hybridized carbons (Fsp3) is 1.00. The zero-order chi connectivity index (χ0) is 11.5. The molecular weight excluding hydrogens is 206 g/mol. The van der Waals surface area contributed by atoms with Crippen molar-refractivity contribution in [2.24, 2.45) is 11.3 Å². The highest BCUT2D eigenvalue weighted by molar-refractivity contribution is 7.99. The first kappa shape index (κ1) is 13.3. The molecule has 0 amide bonds. The Bertz CT molecular complexity index is 194. The van der Waals surface area contributed by atoms with Crippen LogP contribution in [-0.2, 0) is 0 Å². The minimum atomic E-state index is -0.215. The van der Waals surface area contributed by atoms with Crippen molar-refractivity contribution >= 4 is 11.8 Å². The van der Waals surface area contributed by atoms with Crippen LogP contribution < -0.4 is 5.32 Å². The molecule has 0 spiro atoms. The van der Waals surface area contributed by atoms with E-state index in [9.17, 15) is 5.11 Å². The summed E-state index contributed by atoms with van der Waals surface area (Å²) in [6.45, 7) is 9.50. The molecule has 1 saturated heterocycles. The van der Waals surface area contributed by atoms with Crippen LogP contribution in [0.15, 0.2) is 0 Å². The van der Waals surface area contributed by atoms with E-state index < -0.39 is 0 Å². The fourth-order valence-electron chi connectivity index (χ4n) is 1.77. The van der Waals surface area contributed by atoms with Crippen molar-refractivity contribution in [3.8, 4) is 0 Å². The lowest BCUT2D eigenvalue weighted by atomic mass is 9.82. The van der Waals surface area contributed by atoms with Gasteiger partial charge in [0.1, 0.15) is 0 Å². The molecule has 3 heteroatoms. The van der Waals surface area contributed by atoms with Crippen LogP contribution in [0.25, 0.3) is 0 Å². The van der Waals surface area contributed by atoms with Crippen LogP contribution in [0.1, 0.15) is 34.1 Å². The van der Waals surface area contributed by atoms with Gasteiger partial charge in [0.25, 0.3) is 0 Å². The summed E-state index contributed by atoms with van der Waals surface area (Å²) in [4.78, 5) is 0. The van der Waals surface area contributed by atoms with Crippen molar-refractivity contribution in [1.29, 1.82) is 0 Å². The summed E-state index contributed by atoms with van der Waals surface area (Å²) < 4.78 is 0. The topological polar surface area (TPSA) is 32.3 Å². The molecule has 0 aromatic rings. The molecular formula is C12H25NOS. The lowest BCUT2D eigenvalue weighted by Crippen LogP contribution is -2.49. The summed E-state index contributed by atoms with van der Waals surface area (Å²) in [7, 11) is 0. The van der Waals surface area contributed by atoms with Gasteiger partial charge in [-0.25, -0.2) is 0 Å². The lowest BCUT2D eigenvalue weighted by molar-refractivity contribution is 0.111. The molecule has 90 valence electrons. The molecule has 1 heterocycles. The number of thioether (sulfide) groups is 1. The molecule has 2 N–H and O–H groups in total. The summed E-state index contributed by atoms with van der Waals surface area (Å²) in [5.74, 6) is 2.80. The van der Waals surface area contributed by atoms with Crippen LogP contribution >= 0.6 is 11.8 Å². The van der Waals surface area contributed by atoms with Gasteiger partial charge in [0.05, 0.1) is 6.10 Å². The van der Waals surface area contributed by atoms with Crippen LogP contribution in [0, 0.1) is 11.3 Å². The first-order valence-electron chi connectivity index (χ1n) is 5.92. The van der Waals surface area contributed by atoms with Gasteiger partial charge in [-0.15, -0.1) is 0 Å². The van der Waals surface area contributed by atoms with E-state index in [1.165, 1.54) is 17.9 Å². The average Bonchev–Trinajstić information content (AvgIpc) is 2.14. The summed E-state index contributed by atoms with van der Waals surface area (Å²) >= 11 is 2.02. The Morgan fingerprint density at radius 2 is 2.13 bits per heavy atom. The molecule has 0 saturated carbocycles. The first-order chi connectivity index (χ1) is 6.93. The largest absolute Gasteiger partial charge is 0.392 e. The van der Waals surface area contributed by atoms with Gasteiger partial charge in [-0.05, 0) is 23.5 Å². The summed E-state index contributed by atoms with van der Waals surface area (Å²) in [5.41, 5.74) is 0.377. The monoisotopic (exact) mass is 231 g/mol. The van der Waals surface area contributed by atoms with Crippen LogP contribution in [0.3, 0.4) is 0 Å². The number of nitrogens with one attached hydrogen (secondary N) is 1. The Labute approximate surface area is 98.2 Å². The molecule has 2 atom stereocenters. The maximum absolute atomic E-state index is 9.76. The van der Waals surface area contributed by atoms with E-state index in [1.807, 2.05) is 11.8 Å². The second-order valence-electron chi connectivity index (χ2n) is 5.59. The number of aliphatic hydroxyl groups excluding tert-OH is 1. The van der Waals surface area contributed by atoms with E-state index in [2.05, 4.69) is 33.0 Å². The Hall–Kier alpha value is 0.270. The van der Waals surface area contributed by atoms with Gasteiger partial charge in [-0.2, -0.15) is 11.8 Å². The van der Waals surface area contributed by atoms with Crippen LogP contribution in [-0.4, -0.2) is 35.3 Å². The van der Waals surface area contributed by atoms with E-state index >= 15 is 0 Å². The second kappa shape index (κ2) is 5.55. The smallest absolute Gasteiger partial charge is 0.0687 e. The molecule has 1 aliphatic rings. The SMILES string of the molecule is CC(C)C(O)CNC1CSCCC1(C)C. The number of aliphatic hydroxyl groups is 1. The Kier molecular flexibility index (Phi) is 4.94. The molecule has 1 fully saturated rings. The predicted molar refractivity (Wildman–Crippen MR) is 68.4 cm³/mol. The maximum Gasteiger partial charge on any atom is 0.0687 e. The highest BCUT2D eigenvalue weighted by Crippen LogP contribution is 2.34. The summed E-state index contributed by atoms with van der Waals surface area (Å²) in [5, 5.41) is 13.3. The molecule has 0 aromatic carbocycles. The minimum absolute atomic E-state index is 0.215. The molecule has 0 aromatic heterocycles. The third kappa shape index (κ3) is 3.97. The molecule has 0 bridgehead atoms. The van der Waals surface area contributed by atoms with Gasteiger partial charge in [-0.3, -0.25) is 0 Å². The third-order valence-corrected chi connectivity index (χ3v) is 4.52. The van der Waals surface area contributed by atoms with Gasteiger partial charge in [0.15, 0.2) is 0 Å². The predicted octanol–water partition coefficient (Wildman–Crippen LogP) is 2.12. The Morgan fingerprint density at radius 3 is 2.67 bits per heavy atom. The third-order valence-electron chi connectivity index (χ3n) is 3.46. The van der Waals surface area contributed by atoms with Crippen molar-refractivity contribution in [2.75, 3.05) is 18.1 Å². The van der Waals surface area contributed by atoms with Crippen LogP contribution in [0.4, 0.5) is 0 Å². The standard InChI is InChI=1S/C12H25NOS/c1-9(2)10(14)7-13-11-8-15-6-5-12(11,3)4/h9-11,13-14H,5-8H2,1-4H3. The van der Waals surface area contributed by atoms with E-state index in [0.717, 1.165) is 6.54 Å². The maximum atomic E-state index is 9.76. The molecule has 1 rings (SSSR count). The molecule has 1 aliphatic heterocycles. The molecule has 2 unspecified atom stereocenters. The van der Waals surface area contributed by atoms with Crippen molar-refractivity contribution in [3.05, 3.63) is 0 Å². The molecule has 2 nitrogen and oxygen atoms in total. The van der Waals surface area contributed by atoms with Gasteiger partial charge in [0.2, 0.25) is 0 Å². The van der Waals surface area contributed by atoms with Crippen molar-refractivity contribution in [1.82, 2.24) is 5.32 Å². The van der Waals surface area contributed by atoms with E-state index in [1.54, 1.807) is 0 Å². The molecule has 15 heavy (non-hydrogen) atoms. The summed E-state index contributed by atoms with van der Waals surface area (Å²) in [6.07, 6.45) is 1.06. The Balaban J connectivity index is 2.36. The summed E-state index contributed by atoms with van der Waals surface area (Å²) in [6, 6.07) is 0.546. The van der Waals surface area contributed by atoms with Gasteiger partial charge in [-0.1, -0.05) is 27.7 Å². The lowest BCUT2D eigenvalue weighted by Gasteiger charge is -2.39. The van der Waals surface area contributed by atoms with Crippen LogP contribution in [0.2, 0.25) is 0 Å². The van der Waals surface area contributed by atoms with Gasteiger partial charge in [0, 0.05) is 18.3 Å². The van der Waals surface area contributed by atoms with Gasteiger partial charge < -0.3 is 10.4 Å². The van der Waals surface area contributed by atoms with E-state index in [4.69, 9.17) is 0 Å². The van der Waals surface area contributed by atoms with Crippen LogP contribution in [0.5, 0.6) is 0 Å². The zero-order valence-electron chi connectivity index (χ0n) is 10.4. The Morgan fingerprint density at radius 1 is 1.47 bits per heavy atom. The van der Waals surface area contributed by atoms with E-state index in [-0.39, 0.29) is 6.10 Å². The first-order valence-corrected chi connectivity index (χ1v) is 7.08. The van der Waals surface area contributed by atoms with Crippen molar-refractivity contribution in [2.45, 2.75) is 46.3 Å². The second-order valence-corrected chi connectivity index (χ2v) is 6.74. The average molecular weight is 231 g/mol. The number of hydrogen-bond donors (Lipinski definition) is 2. The van der Waals surface area contributed by atoms with E-state index in [0.29, 0.717) is 17.4 Å². The van der Waals surface area contributed by atoms with Gasteiger partial charge >= 0.3 is 0 Å². The molecule has 0 aliphatic carbocycles. The highest BCUT2D eigenvalue weighted by Gasteiger charge is 2.32. The quantitative estimate of drug-likeness (QED) is 0.777.